The number of rotatable bonds is 0. The van der Waals surface area contributed by atoms with Crippen LogP contribution in [0.2, 0.25) is 0 Å². The smallest absolute Gasteiger partial charge is 0.0261 e. The van der Waals surface area contributed by atoms with Gasteiger partial charge in [-0.1, -0.05) is 20.8 Å². The van der Waals surface area contributed by atoms with Crippen LogP contribution in [0.4, 0.5) is 0 Å². The van der Waals surface area contributed by atoms with E-state index in [0.29, 0.717) is 5.41 Å². The SMILES string of the molecule is CC1(C)[C@@H]2C[C@H]3C[C@@]3(C)[C@H]1C2. The molecule has 0 heteroatoms. The van der Waals surface area contributed by atoms with E-state index >= 15 is 0 Å². The molecule has 0 radical (unpaired) electrons. The molecule has 0 saturated heterocycles. The van der Waals surface area contributed by atoms with Crippen LogP contribution in [0.25, 0.3) is 0 Å². The fourth-order valence-corrected chi connectivity index (χ4v) is 4.13. The molecule has 0 aromatic rings. The Morgan fingerprint density at radius 1 is 1.00 bits per heavy atom. The van der Waals surface area contributed by atoms with Gasteiger partial charge in [-0.2, -0.15) is 0 Å². The lowest BCUT2D eigenvalue weighted by Gasteiger charge is -2.59. The highest BCUT2D eigenvalue weighted by Crippen LogP contribution is 2.77. The summed E-state index contributed by atoms with van der Waals surface area (Å²) in [5.41, 5.74) is 1.51. The predicted octanol–water partition coefficient (Wildman–Crippen LogP) is 3.08. The first-order valence-corrected chi connectivity index (χ1v) is 5.05. The topological polar surface area (TPSA) is 0 Å². The molecule has 4 saturated carbocycles. The molecule has 0 heterocycles. The summed E-state index contributed by atoms with van der Waals surface area (Å²) in [6.07, 6.45) is 4.66. The molecule has 0 aliphatic heterocycles. The molecule has 0 spiro atoms. The molecule has 62 valence electrons. The van der Waals surface area contributed by atoms with E-state index in [0.717, 1.165) is 23.2 Å². The third-order valence-corrected chi connectivity index (χ3v) is 5.29. The Balaban J connectivity index is 1.98. The molecule has 11 heavy (non-hydrogen) atoms. The zero-order valence-electron chi connectivity index (χ0n) is 7.85. The molecule has 0 nitrogen and oxygen atoms in total. The van der Waals surface area contributed by atoms with Crippen molar-refractivity contribution in [1.29, 1.82) is 0 Å². The van der Waals surface area contributed by atoms with Crippen LogP contribution in [-0.2, 0) is 0 Å². The molecule has 4 fully saturated rings. The van der Waals surface area contributed by atoms with Crippen molar-refractivity contribution in [3.8, 4) is 0 Å². The Morgan fingerprint density at radius 2 is 1.73 bits per heavy atom. The predicted molar refractivity (Wildman–Crippen MR) is 46.2 cm³/mol. The molecule has 4 atom stereocenters. The van der Waals surface area contributed by atoms with E-state index in [2.05, 4.69) is 20.8 Å². The third-order valence-electron chi connectivity index (χ3n) is 5.29. The number of hydrogen-bond acceptors (Lipinski definition) is 0. The summed E-state index contributed by atoms with van der Waals surface area (Å²) in [7, 11) is 0. The van der Waals surface area contributed by atoms with E-state index < -0.39 is 0 Å². The van der Waals surface area contributed by atoms with Crippen LogP contribution in [0.3, 0.4) is 0 Å². The maximum atomic E-state index is 2.53. The molecule has 4 rings (SSSR count). The van der Waals surface area contributed by atoms with Gasteiger partial charge in [0.1, 0.15) is 0 Å². The minimum atomic E-state index is 0.710. The lowest BCUT2D eigenvalue weighted by Crippen LogP contribution is -2.52. The van der Waals surface area contributed by atoms with Gasteiger partial charge in [0.25, 0.3) is 0 Å². The zero-order valence-corrected chi connectivity index (χ0v) is 7.85. The van der Waals surface area contributed by atoms with Crippen LogP contribution in [0.5, 0.6) is 0 Å². The fraction of sp³-hybridized carbons (Fsp3) is 1.00. The van der Waals surface area contributed by atoms with E-state index in [4.69, 9.17) is 0 Å². The average Bonchev–Trinajstić information content (AvgIpc) is 2.58. The first-order chi connectivity index (χ1) is 5.05. The summed E-state index contributed by atoms with van der Waals surface area (Å²) in [6, 6.07) is 0. The van der Waals surface area contributed by atoms with Gasteiger partial charge < -0.3 is 0 Å². The molecule has 4 aliphatic rings. The van der Waals surface area contributed by atoms with E-state index in [9.17, 15) is 0 Å². The van der Waals surface area contributed by atoms with Crippen molar-refractivity contribution >= 4 is 0 Å². The van der Waals surface area contributed by atoms with E-state index in [1.807, 2.05) is 0 Å². The molecular formula is C11H18. The first-order valence-electron chi connectivity index (χ1n) is 5.05. The zero-order chi connectivity index (χ0) is 7.85. The van der Waals surface area contributed by atoms with Gasteiger partial charge >= 0.3 is 0 Å². The molecular weight excluding hydrogens is 132 g/mol. The third kappa shape index (κ3) is 0.522. The van der Waals surface area contributed by atoms with Crippen LogP contribution in [-0.4, -0.2) is 0 Å². The monoisotopic (exact) mass is 150 g/mol. The Kier molecular flexibility index (Phi) is 0.832. The van der Waals surface area contributed by atoms with Gasteiger partial charge in [0.05, 0.1) is 0 Å². The van der Waals surface area contributed by atoms with E-state index in [1.54, 1.807) is 19.3 Å². The minimum Gasteiger partial charge on any atom is -0.0594 e. The molecule has 0 aromatic carbocycles. The van der Waals surface area contributed by atoms with Crippen LogP contribution >= 0.6 is 0 Å². The molecule has 4 aliphatic carbocycles. The highest BCUT2D eigenvalue weighted by Gasteiger charge is 2.70. The quantitative estimate of drug-likeness (QED) is 0.498. The van der Waals surface area contributed by atoms with Crippen molar-refractivity contribution in [3.05, 3.63) is 0 Å². The van der Waals surface area contributed by atoms with Crippen molar-refractivity contribution < 1.29 is 0 Å². The summed E-state index contributed by atoms with van der Waals surface area (Å²) in [6.45, 7) is 7.51. The van der Waals surface area contributed by atoms with Crippen LogP contribution in [0, 0.1) is 28.6 Å². The van der Waals surface area contributed by atoms with Gasteiger partial charge in [-0.25, -0.2) is 0 Å². The van der Waals surface area contributed by atoms with Gasteiger partial charge in [0.2, 0.25) is 0 Å². The highest BCUT2D eigenvalue weighted by molar-refractivity contribution is 5.18. The molecule has 0 unspecified atom stereocenters. The minimum absolute atomic E-state index is 0.710. The van der Waals surface area contributed by atoms with Crippen LogP contribution in [0.15, 0.2) is 0 Å². The second kappa shape index (κ2) is 1.41. The van der Waals surface area contributed by atoms with Gasteiger partial charge in [0.15, 0.2) is 0 Å². The summed E-state index contributed by atoms with van der Waals surface area (Å²) >= 11 is 0. The Hall–Kier alpha value is 0. The Bertz CT molecular complexity index is 211. The number of hydrogen-bond donors (Lipinski definition) is 0. The molecule has 0 amide bonds. The summed E-state index contributed by atoms with van der Waals surface area (Å²) in [5, 5.41) is 0. The molecule has 0 N–H and O–H groups in total. The molecule has 2 bridgehead atoms. The lowest BCUT2D eigenvalue weighted by atomic mass is 9.45. The van der Waals surface area contributed by atoms with Crippen LogP contribution < -0.4 is 0 Å². The maximum absolute atomic E-state index is 2.53. The van der Waals surface area contributed by atoms with Gasteiger partial charge in [-0.05, 0) is 47.8 Å². The van der Waals surface area contributed by atoms with Gasteiger partial charge in [-0.3, -0.25) is 0 Å². The average molecular weight is 150 g/mol. The van der Waals surface area contributed by atoms with Crippen molar-refractivity contribution in [1.82, 2.24) is 0 Å². The second-order valence-corrected chi connectivity index (χ2v) is 5.95. The summed E-state index contributed by atoms with van der Waals surface area (Å²) in [4.78, 5) is 0. The maximum Gasteiger partial charge on any atom is -0.0261 e. The van der Waals surface area contributed by atoms with E-state index in [-0.39, 0.29) is 0 Å². The normalized spacial score (nSPS) is 63.0. The molecule has 0 aromatic heterocycles. The van der Waals surface area contributed by atoms with Crippen molar-refractivity contribution in [2.45, 2.75) is 40.0 Å². The van der Waals surface area contributed by atoms with Crippen molar-refractivity contribution in [3.63, 3.8) is 0 Å². The Labute approximate surface area is 69.4 Å². The summed E-state index contributed by atoms with van der Waals surface area (Å²) in [5.74, 6) is 3.31. The highest BCUT2D eigenvalue weighted by atomic mass is 14.7. The summed E-state index contributed by atoms with van der Waals surface area (Å²) < 4.78 is 0. The second-order valence-electron chi connectivity index (χ2n) is 5.95. The Morgan fingerprint density at radius 3 is 2.18 bits per heavy atom. The van der Waals surface area contributed by atoms with Crippen molar-refractivity contribution in [2.75, 3.05) is 0 Å². The lowest BCUT2D eigenvalue weighted by molar-refractivity contribution is -0.106. The fourth-order valence-electron chi connectivity index (χ4n) is 4.13. The largest absolute Gasteiger partial charge is 0.0594 e. The van der Waals surface area contributed by atoms with Gasteiger partial charge in [0, 0.05) is 0 Å². The standard InChI is InChI=1S/C11H18/c1-10(2)7-4-8-6-11(8,3)9(10)5-7/h7-9H,4-6H2,1-3H3/t7-,8+,9+,11-/m1/s1. The first kappa shape index (κ1) is 6.51. The van der Waals surface area contributed by atoms with E-state index in [1.165, 1.54) is 0 Å². The van der Waals surface area contributed by atoms with Crippen LogP contribution in [0.1, 0.15) is 40.0 Å². The van der Waals surface area contributed by atoms with Gasteiger partial charge in [-0.15, -0.1) is 0 Å². The van der Waals surface area contributed by atoms with Crippen molar-refractivity contribution in [2.24, 2.45) is 28.6 Å².